The van der Waals surface area contributed by atoms with Crippen LogP contribution in [0.25, 0.3) is 0 Å². The molecule has 0 aromatic heterocycles. The third-order valence-corrected chi connectivity index (χ3v) is 3.54. The second-order valence-electron chi connectivity index (χ2n) is 4.26. The van der Waals surface area contributed by atoms with Crippen LogP contribution < -0.4 is 10.6 Å². The van der Waals surface area contributed by atoms with Gasteiger partial charge in [-0.05, 0) is 43.1 Å². The summed E-state index contributed by atoms with van der Waals surface area (Å²) in [6, 6.07) is 6.51. The quantitative estimate of drug-likeness (QED) is 0.926. The van der Waals surface area contributed by atoms with Crippen molar-refractivity contribution in [2.24, 2.45) is 5.73 Å². The highest BCUT2D eigenvalue weighted by Crippen LogP contribution is 2.26. The lowest BCUT2D eigenvalue weighted by molar-refractivity contribution is 0.122. The normalized spacial score (nSPS) is 16.2. The molecular weight excluding hydrogens is 280 g/mol. The van der Waals surface area contributed by atoms with Crippen molar-refractivity contribution < 1.29 is 4.74 Å². The smallest absolute Gasteiger partial charge is 0.0642 e. The molecule has 0 saturated carbocycles. The first-order chi connectivity index (χ1) is 8.31. The van der Waals surface area contributed by atoms with Crippen LogP contribution in [0.4, 0.5) is 5.69 Å². The fraction of sp³-hybridized carbons (Fsp3) is 0.538. The Bertz CT molecular complexity index is 364. The number of hydrogen-bond donors (Lipinski definition) is 1. The molecule has 4 heteroatoms. The van der Waals surface area contributed by atoms with E-state index in [4.69, 9.17) is 10.5 Å². The minimum Gasteiger partial charge on any atom is -0.378 e. The van der Waals surface area contributed by atoms with Crippen LogP contribution in [0.1, 0.15) is 12.0 Å². The van der Waals surface area contributed by atoms with Gasteiger partial charge in [0.15, 0.2) is 0 Å². The Kier molecular flexibility index (Phi) is 4.83. The van der Waals surface area contributed by atoms with Crippen LogP contribution in [0.2, 0.25) is 0 Å². The van der Waals surface area contributed by atoms with Gasteiger partial charge in [-0.1, -0.05) is 15.9 Å². The Labute approximate surface area is 111 Å². The highest BCUT2D eigenvalue weighted by atomic mass is 79.9. The van der Waals surface area contributed by atoms with Crippen molar-refractivity contribution in [3.63, 3.8) is 0 Å². The Hall–Kier alpha value is -0.580. The van der Waals surface area contributed by atoms with Gasteiger partial charge < -0.3 is 15.4 Å². The number of morpholine rings is 1. The van der Waals surface area contributed by atoms with Crippen LogP contribution in [0, 0.1) is 0 Å². The molecular formula is C13H19BrN2O. The van der Waals surface area contributed by atoms with Gasteiger partial charge in [-0.15, -0.1) is 0 Å². The van der Waals surface area contributed by atoms with Crippen LogP contribution in [-0.4, -0.2) is 32.8 Å². The number of ether oxygens (including phenoxy) is 1. The van der Waals surface area contributed by atoms with Crippen LogP contribution in [0.15, 0.2) is 22.7 Å². The molecule has 0 spiro atoms. The largest absolute Gasteiger partial charge is 0.378 e. The van der Waals surface area contributed by atoms with Crippen molar-refractivity contribution in [2.45, 2.75) is 12.8 Å². The van der Waals surface area contributed by atoms with Crippen LogP contribution >= 0.6 is 15.9 Å². The van der Waals surface area contributed by atoms with Gasteiger partial charge in [-0.25, -0.2) is 0 Å². The molecule has 1 aliphatic heterocycles. The summed E-state index contributed by atoms with van der Waals surface area (Å²) in [4.78, 5) is 2.40. The number of hydrogen-bond acceptors (Lipinski definition) is 3. The van der Waals surface area contributed by atoms with Gasteiger partial charge in [0.05, 0.1) is 13.2 Å². The van der Waals surface area contributed by atoms with Crippen molar-refractivity contribution in [1.82, 2.24) is 0 Å². The second kappa shape index (κ2) is 6.38. The number of rotatable bonds is 4. The van der Waals surface area contributed by atoms with E-state index in [0.29, 0.717) is 0 Å². The summed E-state index contributed by atoms with van der Waals surface area (Å²) >= 11 is 3.54. The van der Waals surface area contributed by atoms with Gasteiger partial charge in [0.1, 0.15) is 0 Å². The van der Waals surface area contributed by atoms with Crippen LogP contribution in [-0.2, 0) is 11.2 Å². The van der Waals surface area contributed by atoms with Gasteiger partial charge in [-0.2, -0.15) is 0 Å². The minimum atomic E-state index is 0.745. The molecule has 0 aliphatic carbocycles. The summed E-state index contributed by atoms with van der Waals surface area (Å²) in [5.74, 6) is 0. The molecule has 0 bridgehead atoms. The third kappa shape index (κ3) is 3.44. The molecule has 17 heavy (non-hydrogen) atoms. The minimum absolute atomic E-state index is 0.745. The second-order valence-corrected chi connectivity index (χ2v) is 5.18. The average Bonchev–Trinajstić information content (AvgIpc) is 2.37. The van der Waals surface area contributed by atoms with Crippen molar-refractivity contribution >= 4 is 21.6 Å². The molecule has 2 rings (SSSR count). The van der Waals surface area contributed by atoms with Gasteiger partial charge in [0.2, 0.25) is 0 Å². The molecule has 0 amide bonds. The Morgan fingerprint density at radius 3 is 2.76 bits per heavy atom. The molecule has 1 fully saturated rings. The maximum atomic E-state index is 5.60. The van der Waals surface area contributed by atoms with E-state index in [1.165, 1.54) is 11.3 Å². The van der Waals surface area contributed by atoms with E-state index in [1.54, 1.807) is 0 Å². The molecule has 94 valence electrons. The molecule has 1 aromatic carbocycles. The summed E-state index contributed by atoms with van der Waals surface area (Å²) in [5.41, 5.74) is 8.32. The SMILES string of the molecule is NCCCc1cc(Br)ccc1N1CCOCC1. The molecule has 0 unspecified atom stereocenters. The molecule has 1 aliphatic rings. The number of nitrogens with two attached hydrogens (primary N) is 1. The van der Waals surface area contributed by atoms with Gasteiger partial charge in [0, 0.05) is 23.2 Å². The Morgan fingerprint density at radius 2 is 2.06 bits per heavy atom. The summed E-state index contributed by atoms with van der Waals surface area (Å²) < 4.78 is 6.54. The monoisotopic (exact) mass is 298 g/mol. The van der Waals surface area contributed by atoms with E-state index in [0.717, 1.165) is 50.2 Å². The first kappa shape index (κ1) is 12.9. The van der Waals surface area contributed by atoms with Crippen molar-refractivity contribution in [3.8, 4) is 0 Å². The highest BCUT2D eigenvalue weighted by molar-refractivity contribution is 9.10. The molecule has 1 saturated heterocycles. The molecule has 1 heterocycles. The van der Waals surface area contributed by atoms with E-state index in [-0.39, 0.29) is 0 Å². The standard InChI is InChI=1S/C13H19BrN2O/c14-12-3-4-13(11(10-12)2-1-5-15)16-6-8-17-9-7-16/h3-4,10H,1-2,5-9,15H2. The van der Waals surface area contributed by atoms with E-state index >= 15 is 0 Å². The third-order valence-electron chi connectivity index (χ3n) is 3.04. The predicted octanol–water partition coefficient (Wildman–Crippen LogP) is 2.18. The Balaban J connectivity index is 2.18. The van der Waals surface area contributed by atoms with Gasteiger partial charge >= 0.3 is 0 Å². The number of halogens is 1. The maximum Gasteiger partial charge on any atom is 0.0642 e. The fourth-order valence-electron chi connectivity index (χ4n) is 2.16. The first-order valence-electron chi connectivity index (χ1n) is 6.12. The van der Waals surface area contributed by atoms with Crippen LogP contribution in [0.5, 0.6) is 0 Å². The number of benzene rings is 1. The lowest BCUT2D eigenvalue weighted by Crippen LogP contribution is -2.36. The Morgan fingerprint density at radius 1 is 1.29 bits per heavy atom. The van der Waals surface area contributed by atoms with Gasteiger partial charge in [-0.3, -0.25) is 0 Å². The zero-order valence-electron chi connectivity index (χ0n) is 9.99. The zero-order valence-corrected chi connectivity index (χ0v) is 11.6. The van der Waals surface area contributed by atoms with E-state index in [2.05, 4.69) is 39.0 Å². The summed E-state index contributed by atoms with van der Waals surface area (Å²) in [6.07, 6.45) is 2.08. The van der Waals surface area contributed by atoms with Crippen molar-refractivity contribution in [3.05, 3.63) is 28.2 Å². The van der Waals surface area contributed by atoms with E-state index in [9.17, 15) is 0 Å². The zero-order chi connectivity index (χ0) is 12.1. The lowest BCUT2D eigenvalue weighted by atomic mass is 10.1. The number of anilines is 1. The number of nitrogens with zero attached hydrogens (tertiary/aromatic N) is 1. The van der Waals surface area contributed by atoms with E-state index in [1.807, 2.05) is 0 Å². The lowest BCUT2D eigenvalue weighted by Gasteiger charge is -2.30. The summed E-state index contributed by atoms with van der Waals surface area (Å²) in [6.45, 7) is 4.36. The van der Waals surface area contributed by atoms with Gasteiger partial charge in [0.25, 0.3) is 0 Å². The highest BCUT2D eigenvalue weighted by Gasteiger charge is 2.14. The summed E-state index contributed by atoms with van der Waals surface area (Å²) in [5, 5.41) is 0. The molecule has 3 nitrogen and oxygen atoms in total. The first-order valence-corrected chi connectivity index (χ1v) is 6.92. The summed E-state index contributed by atoms with van der Waals surface area (Å²) in [7, 11) is 0. The number of aryl methyl sites for hydroxylation is 1. The molecule has 2 N–H and O–H groups in total. The molecule has 0 radical (unpaired) electrons. The van der Waals surface area contributed by atoms with Crippen LogP contribution in [0.3, 0.4) is 0 Å². The fourth-order valence-corrected chi connectivity index (χ4v) is 2.57. The van der Waals surface area contributed by atoms with E-state index < -0.39 is 0 Å². The average molecular weight is 299 g/mol. The molecule has 1 aromatic rings. The molecule has 0 atom stereocenters. The predicted molar refractivity (Wildman–Crippen MR) is 74.5 cm³/mol. The van der Waals surface area contributed by atoms with Crippen molar-refractivity contribution in [2.75, 3.05) is 37.7 Å². The van der Waals surface area contributed by atoms with Crippen molar-refractivity contribution in [1.29, 1.82) is 0 Å². The topological polar surface area (TPSA) is 38.5 Å². The maximum absolute atomic E-state index is 5.60.